The number of likely N-dealkylation sites (N-methyl/N-ethyl adjacent to an activating group) is 1. The van der Waals surface area contributed by atoms with Crippen molar-refractivity contribution < 1.29 is 18.7 Å². The Morgan fingerprint density at radius 2 is 1.78 bits per heavy atom. The molecule has 5 nitrogen and oxygen atoms in total. The molecule has 0 fully saturated rings. The molecular formula is C22H23NO4. The summed E-state index contributed by atoms with van der Waals surface area (Å²) in [4.78, 5) is 26.2. The van der Waals surface area contributed by atoms with E-state index in [4.69, 9.17) is 9.15 Å². The van der Waals surface area contributed by atoms with E-state index in [1.807, 2.05) is 63.2 Å². The molecule has 0 N–H and O–H groups in total. The minimum absolute atomic E-state index is 0.0697. The first-order valence-corrected chi connectivity index (χ1v) is 8.98. The fraction of sp³-hybridized carbons (Fsp3) is 0.273. The van der Waals surface area contributed by atoms with E-state index in [0.29, 0.717) is 6.54 Å². The molecule has 0 unspecified atom stereocenters. The molecule has 0 aliphatic carbocycles. The number of hydrogen-bond donors (Lipinski definition) is 0. The van der Waals surface area contributed by atoms with Crippen LogP contribution < -0.4 is 4.90 Å². The highest BCUT2D eigenvalue weighted by molar-refractivity contribution is 5.95. The SMILES string of the molecule is CCN(C(=O)COC(=O)Cc1coc2cc(C)c(C)cc12)c1ccccc1. The van der Waals surface area contributed by atoms with Crippen LogP contribution in [-0.2, 0) is 20.7 Å². The lowest BCUT2D eigenvalue weighted by atomic mass is 10.0. The Balaban J connectivity index is 1.63. The number of aryl methyl sites for hydroxylation is 2. The quantitative estimate of drug-likeness (QED) is 0.615. The molecule has 0 spiro atoms. The standard InChI is InChI=1S/C22H23NO4/c1-4-23(18-8-6-5-7-9-18)21(24)14-27-22(25)12-17-13-26-20-11-16(3)15(2)10-19(17)20/h5-11,13H,4,12,14H2,1-3H3. The van der Waals surface area contributed by atoms with Crippen LogP contribution in [-0.4, -0.2) is 25.0 Å². The van der Waals surface area contributed by atoms with Gasteiger partial charge in [0, 0.05) is 23.2 Å². The molecule has 0 aliphatic rings. The molecule has 0 bridgehead atoms. The predicted octanol–water partition coefficient (Wildman–Crippen LogP) is 4.19. The largest absolute Gasteiger partial charge is 0.464 e. The average Bonchev–Trinajstić information content (AvgIpc) is 3.03. The van der Waals surface area contributed by atoms with Crippen molar-refractivity contribution in [1.29, 1.82) is 0 Å². The average molecular weight is 365 g/mol. The molecule has 3 rings (SSSR count). The number of nitrogens with zero attached hydrogens (tertiary/aromatic N) is 1. The highest BCUT2D eigenvalue weighted by Gasteiger charge is 2.17. The van der Waals surface area contributed by atoms with Crippen LogP contribution in [0.4, 0.5) is 5.69 Å². The van der Waals surface area contributed by atoms with Crippen LogP contribution in [0.1, 0.15) is 23.6 Å². The maximum absolute atomic E-state index is 12.4. The molecule has 1 heterocycles. The van der Waals surface area contributed by atoms with E-state index in [2.05, 4.69) is 0 Å². The molecule has 0 aliphatic heterocycles. The Morgan fingerprint density at radius 3 is 2.48 bits per heavy atom. The third kappa shape index (κ3) is 4.19. The Morgan fingerprint density at radius 1 is 1.07 bits per heavy atom. The van der Waals surface area contributed by atoms with Gasteiger partial charge in [0.1, 0.15) is 5.58 Å². The summed E-state index contributed by atoms with van der Waals surface area (Å²) in [5.74, 6) is -0.700. The van der Waals surface area contributed by atoms with Gasteiger partial charge in [-0.15, -0.1) is 0 Å². The number of benzene rings is 2. The molecule has 5 heteroatoms. The van der Waals surface area contributed by atoms with Crippen LogP contribution in [0.2, 0.25) is 0 Å². The third-order valence-corrected chi connectivity index (χ3v) is 4.65. The summed E-state index contributed by atoms with van der Waals surface area (Å²) in [6.07, 6.45) is 1.65. The number of amides is 1. The molecule has 1 amide bonds. The van der Waals surface area contributed by atoms with E-state index < -0.39 is 5.97 Å². The number of para-hydroxylation sites is 1. The van der Waals surface area contributed by atoms with Gasteiger partial charge < -0.3 is 14.1 Å². The molecule has 0 atom stereocenters. The molecule has 1 aromatic heterocycles. The molecule has 0 saturated heterocycles. The molecule has 27 heavy (non-hydrogen) atoms. The van der Waals surface area contributed by atoms with Crippen LogP contribution >= 0.6 is 0 Å². The Bertz CT molecular complexity index is 959. The zero-order valence-electron chi connectivity index (χ0n) is 15.8. The Kier molecular flexibility index (Phi) is 5.60. The van der Waals surface area contributed by atoms with Crippen molar-refractivity contribution >= 4 is 28.5 Å². The first-order valence-electron chi connectivity index (χ1n) is 8.98. The monoisotopic (exact) mass is 365 g/mol. The van der Waals surface area contributed by atoms with Gasteiger partial charge in [-0.25, -0.2) is 0 Å². The van der Waals surface area contributed by atoms with Crippen molar-refractivity contribution in [2.24, 2.45) is 0 Å². The number of furan rings is 1. The van der Waals surface area contributed by atoms with Gasteiger partial charge in [0.25, 0.3) is 5.91 Å². The van der Waals surface area contributed by atoms with Gasteiger partial charge in [-0.3, -0.25) is 9.59 Å². The first-order chi connectivity index (χ1) is 13.0. The van der Waals surface area contributed by atoms with Gasteiger partial charge in [-0.1, -0.05) is 18.2 Å². The maximum Gasteiger partial charge on any atom is 0.310 e. The smallest absolute Gasteiger partial charge is 0.310 e. The number of carbonyl (C=O) groups excluding carboxylic acids is 2. The predicted molar refractivity (Wildman–Crippen MR) is 105 cm³/mol. The van der Waals surface area contributed by atoms with E-state index in [-0.39, 0.29) is 18.9 Å². The normalized spacial score (nSPS) is 10.8. The van der Waals surface area contributed by atoms with E-state index in [1.54, 1.807) is 11.2 Å². The molecule has 140 valence electrons. The lowest BCUT2D eigenvalue weighted by Gasteiger charge is -2.20. The molecular weight excluding hydrogens is 342 g/mol. The number of esters is 1. The number of anilines is 1. The number of carbonyl (C=O) groups is 2. The second-order valence-electron chi connectivity index (χ2n) is 6.50. The van der Waals surface area contributed by atoms with Crippen LogP contribution in [0, 0.1) is 13.8 Å². The van der Waals surface area contributed by atoms with Gasteiger partial charge in [0.05, 0.1) is 12.7 Å². The number of fused-ring (bicyclic) bond motifs is 1. The zero-order valence-corrected chi connectivity index (χ0v) is 15.8. The van der Waals surface area contributed by atoms with Crippen LogP contribution in [0.5, 0.6) is 0 Å². The first kappa shape index (κ1) is 18.7. The van der Waals surface area contributed by atoms with Crippen molar-refractivity contribution in [3.63, 3.8) is 0 Å². The molecule has 2 aromatic carbocycles. The zero-order chi connectivity index (χ0) is 19.4. The lowest BCUT2D eigenvalue weighted by Crippen LogP contribution is -2.34. The number of hydrogen-bond acceptors (Lipinski definition) is 4. The lowest BCUT2D eigenvalue weighted by molar-refractivity contribution is -0.147. The number of ether oxygens (including phenoxy) is 1. The van der Waals surface area contributed by atoms with Crippen LogP contribution in [0.3, 0.4) is 0 Å². The summed E-state index contributed by atoms with van der Waals surface area (Å²) >= 11 is 0. The van der Waals surface area contributed by atoms with Gasteiger partial charge in [0.2, 0.25) is 0 Å². The summed E-state index contributed by atoms with van der Waals surface area (Å²) in [5.41, 5.74) is 4.57. The van der Waals surface area contributed by atoms with Crippen molar-refractivity contribution in [2.45, 2.75) is 27.2 Å². The van der Waals surface area contributed by atoms with Crippen LogP contribution in [0.15, 0.2) is 53.1 Å². The second kappa shape index (κ2) is 8.08. The van der Waals surface area contributed by atoms with E-state index in [0.717, 1.165) is 33.3 Å². The van der Waals surface area contributed by atoms with Crippen LogP contribution in [0.25, 0.3) is 11.0 Å². The topological polar surface area (TPSA) is 59.8 Å². The highest BCUT2D eigenvalue weighted by atomic mass is 16.5. The third-order valence-electron chi connectivity index (χ3n) is 4.65. The van der Waals surface area contributed by atoms with E-state index in [9.17, 15) is 9.59 Å². The fourth-order valence-corrected chi connectivity index (χ4v) is 3.01. The van der Waals surface area contributed by atoms with Crippen molar-refractivity contribution in [1.82, 2.24) is 0 Å². The van der Waals surface area contributed by atoms with Crippen molar-refractivity contribution in [2.75, 3.05) is 18.1 Å². The summed E-state index contributed by atoms with van der Waals surface area (Å²) in [7, 11) is 0. The van der Waals surface area contributed by atoms with Gasteiger partial charge in [-0.05, 0) is 56.2 Å². The highest BCUT2D eigenvalue weighted by Crippen LogP contribution is 2.25. The summed E-state index contributed by atoms with van der Waals surface area (Å²) in [6.45, 7) is 6.14. The Labute approximate surface area is 158 Å². The summed E-state index contributed by atoms with van der Waals surface area (Å²) in [5, 5.41) is 0.904. The van der Waals surface area contributed by atoms with Crippen molar-refractivity contribution in [3.05, 3.63) is 65.4 Å². The second-order valence-corrected chi connectivity index (χ2v) is 6.50. The van der Waals surface area contributed by atoms with E-state index >= 15 is 0 Å². The molecule has 0 saturated carbocycles. The minimum atomic E-state index is -0.451. The van der Waals surface area contributed by atoms with Gasteiger partial charge in [0.15, 0.2) is 6.61 Å². The summed E-state index contributed by atoms with van der Waals surface area (Å²) in [6, 6.07) is 13.3. The minimum Gasteiger partial charge on any atom is -0.464 e. The molecule has 0 radical (unpaired) electrons. The summed E-state index contributed by atoms with van der Waals surface area (Å²) < 4.78 is 10.8. The van der Waals surface area contributed by atoms with Gasteiger partial charge in [-0.2, -0.15) is 0 Å². The number of rotatable bonds is 6. The molecule has 3 aromatic rings. The Hall–Kier alpha value is -3.08. The van der Waals surface area contributed by atoms with Gasteiger partial charge >= 0.3 is 5.97 Å². The van der Waals surface area contributed by atoms with Crippen molar-refractivity contribution in [3.8, 4) is 0 Å². The maximum atomic E-state index is 12.4. The fourth-order valence-electron chi connectivity index (χ4n) is 3.01. The van der Waals surface area contributed by atoms with E-state index in [1.165, 1.54) is 0 Å².